The van der Waals surface area contributed by atoms with Crippen molar-refractivity contribution in [1.29, 1.82) is 5.26 Å². The van der Waals surface area contributed by atoms with Gasteiger partial charge in [-0.2, -0.15) is 10.4 Å². The number of amides is 1. The Kier molecular flexibility index (Phi) is 3.42. The summed E-state index contributed by atoms with van der Waals surface area (Å²) in [6.07, 6.45) is 1.69. The Bertz CT molecular complexity index is 879. The first-order valence-corrected chi connectivity index (χ1v) is 6.91. The number of benzene rings is 2. The zero-order valence-corrected chi connectivity index (χ0v) is 12.3. The summed E-state index contributed by atoms with van der Waals surface area (Å²) in [7, 11) is 0. The van der Waals surface area contributed by atoms with Gasteiger partial charge in [0, 0.05) is 15.4 Å². The first-order chi connectivity index (χ1) is 10.2. The fourth-order valence-electron chi connectivity index (χ4n) is 1.99. The molecule has 1 aromatic heterocycles. The Balaban J connectivity index is 1.92. The summed E-state index contributed by atoms with van der Waals surface area (Å²) < 4.78 is 0.792. The third kappa shape index (κ3) is 2.64. The van der Waals surface area contributed by atoms with Crippen LogP contribution in [0.1, 0.15) is 15.9 Å². The SMILES string of the molecule is N#Cc1ccc(Br)cc1NC(=O)c1ccc2cn[nH]c2c1. The van der Waals surface area contributed by atoms with Crippen LogP contribution >= 0.6 is 15.9 Å². The molecule has 2 N–H and O–H groups in total. The van der Waals surface area contributed by atoms with Crippen LogP contribution in [0.15, 0.2) is 47.1 Å². The van der Waals surface area contributed by atoms with Crippen molar-refractivity contribution >= 4 is 38.4 Å². The van der Waals surface area contributed by atoms with Gasteiger partial charge in [0.1, 0.15) is 6.07 Å². The Morgan fingerprint density at radius 2 is 2.14 bits per heavy atom. The lowest BCUT2D eigenvalue weighted by Gasteiger charge is -2.07. The molecule has 6 heteroatoms. The summed E-state index contributed by atoms with van der Waals surface area (Å²) in [6.45, 7) is 0. The van der Waals surface area contributed by atoms with Gasteiger partial charge in [0.2, 0.25) is 0 Å². The number of halogens is 1. The predicted molar refractivity (Wildman–Crippen MR) is 82.9 cm³/mol. The largest absolute Gasteiger partial charge is 0.321 e. The Hall–Kier alpha value is -2.65. The molecule has 0 fully saturated rings. The average Bonchev–Trinajstić information content (AvgIpc) is 2.94. The van der Waals surface area contributed by atoms with E-state index < -0.39 is 0 Å². The van der Waals surface area contributed by atoms with E-state index in [1.165, 1.54) is 0 Å². The van der Waals surface area contributed by atoms with Gasteiger partial charge in [0.15, 0.2) is 0 Å². The highest BCUT2D eigenvalue weighted by molar-refractivity contribution is 9.10. The minimum Gasteiger partial charge on any atom is -0.321 e. The van der Waals surface area contributed by atoms with E-state index in [9.17, 15) is 4.79 Å². The van der Waals surface area contributed by atoms with Crippen LogP contribution in [0.2, 0.25) is 0 Å². The Morgan fingerprint density at radius 1 is 1.29 bits per heavy atom. The number of aromatic nitrogens is 2. The number of anilines is 1. The Labute approximate surface area is 128 Å². The van der Waals surface area contributed by atoms with E-state index >= 15 is 0 Å². The molecule has 21 heavy (non-hydrogen) atoms. The second-order valence-electron chi connectivity index (χ2n) is 4.43. The van der Waals surface area contributed by atoms with Gasteiger partial charge in [0.05, 0.1) is 23.0 Å². The van der Waals surface area contributed by atoms with Crippen LogP contribution in [-0.2, 0) is 0 Å². The van der Waals surface area contributed by atoms with E-state index in [0.29, 0.717) is 16.8 Å². The van der Waals surface area contributed by atoms with Gasteiger partial charge in [-0.15, -0.1) is 0 Å². The molecule has 1 heterocycles. The minimum absolute atomic E-state index is 0.277. The van der Waals surface area contributed by atoms with Crippen LogP contribution in [0.4, 0.5) is 5.69 Å². The van der Waals surface area contributed by atoms with Gasteiger partial charge < -0.3 is 5.32 Å². The zero-order chi connectivity index (χ0) is 14.8. The van der Waals surface area contributed by atoms with Crippen molar-refractivity contribution in [3.05, 3.63) is 58.2 Å². The first kappa shape index (κ1) is 13.3. The van der Waals surface area contributed by atoms with Crippen LogP contribution in [0.25, 0.3) is 10.9 Å². The van der Waals surface area contributed by atoms with Crippen molar-refractivity contribution < 1.29 is 4.79 Å². The van der Waals surface area contributed by atoms with Gasteiger partial charge >= 0.3 is 0 Å². The van der Waals surface area contributed by atoms with Crippen LogP contribution in [0.3, 0.4) is 0 Å². The minimum atomic E-state index is -0.277. The molecule has 0 spiro atoms. The molecule has 0 atom stereocenters. The number of carbonyl (C=O) groups is 1. The molecule has 0 radical (unpaired) electrons. The zero-order valence-electron chi connectivity index (χ0n) is 10.7. The molecule has 1 amide bonds. The number of rotatable bonds is 2. The number of fused-ring (bicyclic) bond motifs is 1. The summed E-state index contributed by atoms with van der Waals surface area (Å²) in [5.74, 6) is -0.277. The molecule has 0 unspecified atom stereocenters. The number of H-pyrrole nitrogens is 1. The van der Waals surface area contributed by atoms with Gasteiger partial charge in [-0.3, -0.25) is 9.89 Å². The molecule has 5 nitrogen and oxygen atoms in total. The predicted octanol–water partition coefficient (Wildman–Crippen LogP) is 3.45. The van der Waals surface area contributed by atoms with Crippen molar-refractivity contribution in [3.8, 4) is 6.07 Å². The molecular weight excluding hydrogens is 332 g/mol. The lowest BCUT2D eigenvalue weighted by atomic mass is 10.1. The quantitative estimate of drug-likeness (QED) is 0.749. The van der Waals surface area contributed by atoms with Crippen LogP contribution in [0.5, 0.6) is 0 Å². The molecule has 2 aromatic carbocycles. The van der Waals surface area contributed by atoms with Crippen LogP contribution in [0, 0.1) is 11.3 Å². The van der Waals surface area contributed by atoms with Gasteiger partial charge in [0.25, 0.3) is 5.91 Å². The van der Waals surface area contributed by atoms with Gasteiger partial charge in [-0.1, -0.05) is 22.0 Å². The van der Waals surface area contributed by atoms with Gasteiger partial charge in [-0.25, -0.2) is 0 Å². The third-order valence-electron chi connectivity index (χ3n) is 3.05. The lowest BCUT2D eigenvalue weighted by Crippen LogP contribution is -2.12. The highest BCUT2D eigenvalue weighted by Gasteiger charge is 2.10. The number of hydrogen-bond donors (Lipinski definition) is 2. The fourth-order valence-corrected chi connectivity index (χ4v) is 2.35. The molecule has 0 aliphatic rings. The molecule has 3 aromatic rings. The number of nitrogens with one attached hydrogen (secondary N) is 2. The summed E-state index contributed by atoms with van der Waals surface area (Å²) in [6, 6.07) is 12.4. The number of hydrogen-bond acceptors (Lipinski definition) is 3. The Morgan fingerprint density at radius 3 is 2.95 bits per heavy atom. The van der Waals surface area contributed by atoms with Crippen molar-refractivity contribution in [2.45, 2.75) is 0 Å². The summed E-state index contributed by atoms with van der Waals surface area (Å²) in [4.78, 5) is 12.3. The number of nitrogens with zero attached hydrogens (tertiary/aromatic N) is 2. The number of nitriles is 1. The van der Waals surface area contributed by atoms with E-state index in [2.05, 4.69) is 37.5 Å². The standard InChI is InChI=1S/C15H9BrN4O/c16-12-4-3-10(7-17)13(6-12)19-15(21)9-1-2-11-8-18-20-14(11)5-9/h1-6,8H,(H,18,20)(H,19,21). The maximum absolute atomic E-state index is 12.3. The normalized spacial score (nSPS) is 10.3. The molecule has 3 rings (SSSR count). The smallest absolute Gasteiger partial charge is 0.255 e. The highest BCUT2D eigenvalue weighted by atomic mass is 79.9. The second-order valence-corrected chi connectivity index (χ2v) is 5.34. The molecule has 0 aliphatic heterocycles. The van der Waals surface area contributed by atoms with E-state index in [1.54, 1.807) is 36.5 Å². The number of carbonyl (C=O) groups excluding carboxylic acids is 1. The van der Waals surface area contributed by atoms with E-state index in [4.69, 9.17) is 5.26 Å². The van der Waals surface area contributed by atoms with E-state index in [-0.39, 0.29) is 5.91 Å². The van der Waals surface area contributed by atoms with Crippen molar-refractivity contribution in [1.82, 2.24) is 10.2 Å². The fraction of sp³-hybridized carbons (Fsp3) is 0. The van der Waals surface area contributed by atoms with Crippen molar-refractivity contribution in [2.24, 2.45) is 0 Å². The highest BCUT2D eigenvalue weighted by Crippen LogP contribution is 2.22. The summed E-state index contributed by atoms with van der Waals surface area (Å²) >= 11 is 3.33. The average molecular weight is 341 g/mol. The van der Waals surface area contributed by atoms with Gasteiger partial charge in [-0.05, 0) is 30.3 Å². The summed E-state index contributed by atoms with van der Waals surface area (Å²) in [5.41, 5.74) is 2.17. The topological polar surface area (TPSA) is 81.6 Å². The van der Waals surface area contributed by atoms with E-state index in [1.807, 2.05) is 6.07 Å². The third-order valence-corrected chi connectivity index (χ3v) is 3.55. The lowest BCUT2D eigenvalue weighted by molar-refractivity contribution is 0.102. The van der Waals surface area contributed by atoms with E-state index in [0.717, 1.165) is 15.4 Å². The molecule has 0 saturated heterocycles. The second kappa shape index (κ2) is 5.38. The maximum atomic E-state index is 12.3. The molecule has 0 aliphatic carbocycles. The molecule has 0 saturated carbocycles. The van der Waals surface area contributed by atoms with Crippen LogP contribution in [-0.4, -0.2) is 16.1 Å². The van der Waals surface area contributed by atoms with Crippen molar-refractivity contribution in [2.75, 3.05) is 5.32 Å². The van der Waals surface area contributed by atoms with Crippen LogP contribution < -0.4 is 5.32 Å². The first-order valence-electron chi connectivity index (χ1n) is 6.11. The van der Waals surface area contributed by atoms with Crippen molar-refractivity contribution in [3.63, 3.8) is 0 Å². The monoisotopic (exact) mass is 340 g/mol. The molecule has 0 bridgehead atoms. The summed E-state index contributed by atoms with van der Waals surface area (Å²) in [5, 5.41) is 19.5. The maximum Gasteiger partial charge on any atom is 0.255 e. The molecular formula is C15H9BrN4O. The number of aromatic amines is 1. The molecule has 102 valence electrons.